The van der Waals surface area contributed by atoms with Gasteiger partial charge in [-0.25, -0.2) is 0 Å². The average molecular weight is 338 g/mol. The first-order chi connectivity index (χ1) is 9.75. The van der Waals surface area contributed by atoms with E-state index < -0.39 is 0 Å². The van der Waals surface area contributed by atoms with Gasteiger partial charge in [-0.15, -0.1) is 23.1 Å². The number of rotatable bonds is 3. The summed E-state index contributed by atoms with van der Waals surface area (Å²) >= 11 is 3.84. The molecule has 0 aliphatic carbocycles. The number of benzene rings is 1. The molecule has 0 saturated heterocycles. The van der Waals surface area contributed by atoms with Crippen molar-refractivity contribution >= 4 is 28.7 Å². The smallest absolute Gasteiger partial charge is 0.0802 e. The number of nitrogens with one attached hydrogen (secondary N) is 1. The topological polar surface area (TPSA) is 4.44 Å². The van der Waals surface area contributed by atoms with E-state index >= 15 is 0 Å². The molecular formula is C17H20ClNS2. The maximum absolute atomic E-state index is 2.43. The normalized spacial score (nSPS) is 15.3. The molecule has 0 fully saturated rings. The highest BCUT2D eigenvalue weighted by Crippen LogP contribution is 2.42. The Morgan fingerprint density at radius 1 is 1.14 bits per heavy atom. The largest absolute Gasteiger partial charge is 1.00 e. The molecule has 2 heterocycles. The summed E-state index contributed by atoms with van der Waals surface area (Å²) in [5.41, 5.74) is 5.75. The molecule has 0 unspecified atom stereocenters. The highest BCUT2D eigenvalue weighted by Gasteiger charge is 2.18. The molecule has 1 aromatic carbocycles. The Morgan fingerprint density at radius 2 is 1.95 bits per heavy atom. The van der Waals surface area contributed by atoms with Crippen molar-refractivity contribution in [3.63, 3.8) is 0 Å². The van der Waals surface area contributed by atoms with E-state index in [4.69, 9.17) is 0 Å². The Morgan fingerprint density at radius 3 is 2.76 bits per heavy atom. The van der Waals surface area contributed by atoms with Gasteiger partial charge in [0, 0.05) is 17.7 Å². The van der Waals surface area contributed by atoms with Crippen molar-refractivity contribution in [2.24, 2.45) is 0 Å². The number of thiophene rings is 1. The van der Waals surface area contributed by atoms with Crippen molar-refractivity contribution in [1.82, 2.24) is 0 Å². The fourth-order valence-corrected chi connectivity index (χ4v) is 4.65. The van der Waals surface area contributed by atoms with Crippen LogP contribution in [-0.2, 0) is 5.75 Å². The van der Waals surface area contributed by atoms with Crippen LogP contribution in [0.1, 0.15) is 23.1 Å². The van der Waals surface area contributed by atoms with E-state index in [9.17, 15) is 0 Å². The predicted molar refractivity (Wildman–Crippen MR) is 89.7 cm³/mol. The lowest BCUT2D eigenvalue weighted by Crippen LogP contribution is -3.05. The molecule has 0 amide bonds. The molecule has 1 aliphatic heterocycles. The second-order valence-electron chi connectivity index (χ2n) is 5.43. The Kier molecular flexibility index (Phi) is 5.94. The highest BCUT2D eigenvalue weighted by atomic mass is 35.5. The lowest BCUT2D eigenvalue weighted by atomic mass is 9.95. The van der Waals surface area contributed by atoms with Crippen molar-refractivity contribution < 1.29 is 17.3 Å². The van der Waals surface area contributed by atoms with Crippen LogP contribution in [0.15, 0.2) is 46.0 Å². The highest BCUT2D eigenvalue weighted by molar-refractivity contribution is 8.00. The molecule has 112 valence electrons. The minimum Gasteiger partial charge on any atom is -1.00 e. The summed E-state index contributed by atoms with van der Waals surface area (Å²) in [4.78, 5) is 1.50. The molecule has 2 aromatic rings. The van der Waals surface area contributed by atoms with Crippen LogP contribution < -0.4 is 17.3 Å². The molecule has 21 heavy (non-hydrogen) atoms. The molecule has 0 saturated carbocycles. The Labute approximate surface area is 141 Å². The van der Waals surface area contributed by atoms with Gasteiger partial charge in [0.15, 0.2) is 0 Å². The van der Waals surface area contributed by atoms with Crippen molar-refractivity contribution in [2.75, 3.05) is 20.6 Å². The van der Waals surface area contributed by atoms with Gasteiger partial charge in [-0.2, -0.15) is 0 Å². The molecule has 0 spiro atoms. The molecule has 4 heteroatoms. The fraction of sp³-hybridized carbons (Fsp3) is 0.294. The maximum Gasteiger partial charge on any atom is 0.0802 e. The quantitative estimate of drug-likeness (QED) is 0.845. The molecule has 0 atom stereocenters. The zero-order valence-corrected chi connectivity index (χ0v) is 14.7. The van der Waals surface area contributed by atoms with Gasteiger partial charge < -0.3 is 17.3 Å². The third kappa shape index (κ3) is 3.72. The Hall–Kier alpha value is -0.740. The third-order valence-electron chi connectivity index (χ3n) is 3.58. The van der Waals surface area contributed by atoms with Gasteiger partial charge >= 0.3 is 0 Å². The molecule has 1 aromatic heterocycles. The first-order valence-corrected chi connectivity index (χ1v) is 8.90. The zero-order valence-electron chi connectivity index (χ0n) is 12.4. The summed E-state index contributed by atoms with van der Waals surface area (Å²) in [7, 11) is 4.43. The average Bonchev–Trinajstić information content (AvgIpc) is 2.84. The Bertz CT molecular complexity index is 631. The SMILES string of the molecule is C[NH+](C)CCC=C1c2ccccc2CSc2sccc21.[Cl-]. The van der Waals surface area contributed by atoms with E-state index in [1.807, 2.05) is 23.1 Å². The summed E-state index contributed by atoms with van der Waals surface area (Å²) in [5, 5.41) is 2.22. The number of hydrogen-bond donors (Lipinski definition) is 1. The maximum atomic E-state index is 2.43. The first-order valence-electron chi connectivity index (χ1n) is 7.04. The van der Waals surface area contributed by atoms with E-state index in [1.165, 1.54) is 37.9 Å². The van der Waals surface area contributed by atoms with Crippen molar-refractivity contribution in [3.8, 4) is 0 Å². The zero-order chi connectivity index (χ0) is 13.9. The van der Waals surface area contributed by atoms with E-state index in [-0.39, 0.29) is 12.4 Å². The van der Waals surface area contributed by atoms with E-state index in [0.717, 1.165) is 12.2 Å². The lowest BCUT2D eigenvalue weighted by molar-refractivity contribution is -0.857. The van der Waals surface area contributed by atoms with Gasteiger partial charge in [-0.05, 0) is 28.1 Å². The van der Waals surface area contributed by atoms with Crippen molar-refractivity contribution in [1.29, 1.82) is 0 Å². The van der Waals surface area contributed by atoms with Gasteiger partial charge in [-0.3, -0.25) is 0 Å². The number of fused-ring (bicyclic) bond motifs is 2. The second kappa shape index (κ2) is 7.50. The Balaban J connectivity index is 0.00000161. The molecule has 1 N–H and O–H groups in total. The standard InChI is InChI=1S/C17H19NS2.ClH/c1-18(2)10-5-8-15-14-7-4-3-6-13(14)12-20-17-16(15)9-11-19-17;/h3-4,6-9,11H,5,10,12H2,1-2H3;1H. The van der Waals surface area contributed by atoms with Crippen LogP contribution in [0, 0.1) is 0 Å². The summed E-state index contributed by atoms with van der Waals surface area (Å²) in [6.07, 6.45) is 3.56. The number of hydrogen-bond acceptors (Lipinski definition) is 2. The van der Waals surface area contributed by atoms with Crippen LogP contribution in [0.3, 0.4) is 0 Å². The van der Waals surface area contributed by atoms with Crippen LogP contribution in [0.2, 0.25) is 0 Å². The van der Waals surface area contributed by atoms with Gasteiger partial charge in [0.1, 0.15) is 0 Å². The summed E-state index contributed by atoms with van der Waals surface area (Å²) in [6, 6.07) is 11.1. The minimum absolute atomic E-state index is 0. The predicted octanol–water partition coefficient (Wildman–Crippen LogP) is 0.324. The summed E-state index contributed by atoms with van der Waals surface area (Å²) in [6.45, 7) is 1.18. The van der Waals surface area contributed by atoms with Crippen LogP contribution >= 0.6 is 23.1 Å². The lowest BCUT2D eigenvalue weighted by Gasteiger charge is -2.10. The van der Waals surface area contributed by atoms with E-state index in [2.05, 4.69) is 55.9 Å². The van der Waals surface area contributed by atoms with Gasteiger partial charge in [0.25, 0.3) is 0 Å². The number of halogens is 1. The number of thioether (sulfide) groups is 1. The van der Waals surface area contributed by atoms with Crippen LogP contribution in [0.4, 0.5) is 0 Å². The summed E-state index contributed by atoms with van der Waals surface area (Å²) < 4.78 is 1.46. The van der Waals surface area contributed by atoms with Crippen molar-refractivity contribution in [3.05, 3.63) is 58.5 Å². The van der Waals surface area contributed by atoms with Gasteiger partial charge in [0.2, 0.25) is 0 Å². The van der Waals surface area contributed by atoms with Gasteiger partial charge in [0.05, 0.1) is 24.8 Å². The molecule has 1 aliphatic rings. The van der Waals surface area contributed by atoms with Crippen molar-refractivity contribution in [2.45, 2.75) is 16.4 Å². The first kappa shape index (κ1) is 16.6. The molecule has 1 nitrogen and oxygen atoms in total. The van der Waals surface area contributed by atoms with Gasteiger partial charge in [-0.1, -0.05) is 30.3 Å². The second-order valence-corrected chi connectivity index (χ2v) is 7.59. The van der Waals surface area contributed by atoms with E-state index in [0.29, 0.717) is 0 Å². The van der Waals surface area contributed by atoms with Crippen LogP contribution in [0.5, 0.6) is 0 Å². The minimum atomic E-state index is 0. The number of quaternary nitrogens is 1. The molecular weight excluding hydrogens is 318 g/mol. The molecule has 0 radical (unpaired) electrons. The summed E-state index contributed by atoms with van der Waals surface area (Å²) in [5.74, 6) is 1.08. The molecule has 3 rings (SSSR count). The van der Waals surface area contributed by atoms with Crippen LogP contribution in [-0.4, -0.2) is 20.6 Å². The van der Waals surface area contributed by atoms with Crippen LogP contribution in [0.25, 0.3) is 5.57 Å². The monoisotopic (exact) mass is 337 g/mol. The molecule has 0 bridgehead atoms. The fourth-order valence-electron chi connectivity index (χ4n) is 2.53. The third-order valence-corrected chi connectivity index (χ3v) is 5.86. The van der Waals surface area contributed by atoms with E-state index in [1.54, 1.807) is 0 Å².